The van der Waals surface area contributed by atoms with Gasteiger partial charge in [-0.3, -0.25) is 4.79 Å². The normalized spacial score (nSPS) is 14.6. The van der Waals surface area contributed by atoms with Crippen molar-refractivity contribution in [2.24, 2.45) is 5.73 Å². The minimum atomic E-state index is -0.143. The number of rotatable bonds is 7. The van der Waals surface area contributed by atoms with Gasteiger partial charge in [-0.25, -0.2) is 4.98 Å². The molecule has 8 heteroatoms. The molecule has 0 unspecified atom stereocenters. The molecule has 0 radical (unpaired) electrons. The largest absolute Gasteiger partial charge is 0.476 e. The second-order valence-electron chi connectivity index (χ2n) is 8.25. The fourth-order valence-corrected chi connectivity index (χ4v) is 4.29. The Labute approximate surface area is 203 Å². The van der Waals surface area contributed by atoms with E-state index in [2.05, 4.69) is 16.3 Å². The van der Waals surface area contributed by atoms with E-state index in [1.807, 2.05) is 48.5 Å². The molecule has 3 N–H and O–H groups in total. The number of nitrogens with one attached hydrogen (secondary N) is 1. The van der Waals surface area contributed by atoms with Gasteiger partial charge in [0.05, 0.1) is 11.2 Å². The van der Waals surface area contributed by atoms with Crippen LogP contribution < -0.4 is 16.0 Å². The van der Waals surface area contributed by atoms with Crippen molar-refractivity contribution >= 4 is 39.8 Å². The van der Waals surface area contributed by atoms with Crippen molar-refractivity contribution in [1.82, 2.24) is 4.98 Å². The number of halogens is 1. The Morgan fingerprint density at radius 3 is 2.65 bits per heavy atom. The van der Waals surface area contributed by atoms with Gasteiger partial charge in [0, 0.05) is 49.0 Å². The zero-order valence-electron chi connectivity index (χ0n) is 18.9. The van der Waals surface area contributed by atoms with Gasteiger partial charge in [0.15, 0.2) is 11.7 Å². The molecule has 3 aromatic rings. The molecule has 0 spiro atoms. The number of nitrogens with zero attached hydrogens (tertiary/aromatic N) is 3. The van der Waals surface area contributed by atoms with Gasteiger partial charge >= 0.3 is 0 Å². The van der Waals surface area contributed by atoms with E-state index in [9.17, 15) is 10.1 Å². The molecule has 2 aromatic carbocycles. The Hall–Kier alpha value is -3.76. The molecular weight excluding hydrogens is 450 g/mol. The minimum Gasteiger partial charge on any atom is -0.476 e. The lowest BCUT2D eigenvalue weighted by Crippen LogP contribution is -2.38. The summed E-state index contributed by atoms with van der Waals surface area (Å²) in [7, 11) is 0. The van der Waals surface area contributed by atoms with Crippen LogP contribution in [0.25, 0.3) is 10.9 Å². The lowest BCUT2D eigenvalue weighted by atomic mass is 10.0. The lowest BCUT2D eigenvalue weighted by Gasteiger charge is -2.35. The van der Waals surface area contributed by atoms with Crippen molar-refractivity contribution in [2.45, 2.75) is 32.4 Å². The molecule has 0 bridgehead atoms. The van der Waals surface area contributed by atoms with Crippen molar-refractivity contribution in [3.63, 3.8) is 0 Å². The number of allylic oxidation sites excluding steroid dienone is 1. The van der Waals surface area contributed by atoms with Gasteiger partial charge in [0.25, 0.3) is 0 Å². The van der Waals surface area contributed by atoms with Crippen LogP contribution >= 0.6 is 11.6 Å². The van der Waals surface area contributed by atoms with E-state index in [4.69, 9.17) is 27.1 Å². The highest BCUT2D eigenvalue weighted by Gasteiger charge is 2.26. The summed E-state index contributed by atoms with van der Waals surface area (Å²) >= 11 is 5.99. The molecule has 0 aliphatic carbocycles. The summed E-state index contributed by atoms with van der Waals surface area (Å²) in [6.07, 6.45) is 2.67. The average Bonchev–Trinajstić information content (AvgIpc) is 2.82. The number of ketones is 1. The third-order valence-corrected chi connectivity index (χ3v) is 6.01. The van der Waals surface area contributed by atoms with Crippen LogP contribution in [0.1, 0.15) is 30.9 Å². The topological polar surface area (TPSA) is 104 Å². The molecule has 0 atom stereocenters. The second kappa shape index (κ2) is 10.4. The molecule has 7 nitrogen and oxygen atoms in total. The molecule has 174 valence electrons. The highest BCUT2D eigenvalue weighted by molar-refractivity contribution is 6.30. The third-order valence-electron chi connectivity index (χ3n) is 5.76. The van der Waals surface area contributed by atoms with E-state index in [0.29, 0.717) is 36.0 Å². The van der Waals surface area contributed by atoms with Crippen LogP contribution in [0, 0.1) is 11.3 Å². The molecule has 1 saturated heterocycles. The fraction of sp³-hybridized carbons (Fsp3) is 0.269. The Morgan fingerprint density at radius 2 is 1.97 bits per heavy atom. The van der Waals surface area contributed by atoms with E-state index in [-0.39, 0.29) is 17.8 Å². The van der Waals surface area contributed by atoms with Crippen LogP contribution in [0.15, 0.2) is 60.5 Å². The number of pyridine rings is 1. The maximum Gasteiger partial charge on any atom is 0.187 e. The molecule has 1 aliphatic rings. The number of nitrogens with two attached hydrogens (primary N) is 1. The second-order valence-corrected chi connectivity index (χ2v) is 8.69. The van der Waals surface area contributed by atoms with Crippen molar-refractivity contribution in [3.05, 3.63) is 76.6 Å². The number of anilines is 2. The van der Waals surface area contributed by atoms with Gasteiger partial charge < -0.3 is 20.7 Å². The van der Waals surface area contributed by atoms with E-state index in [1.54, 1.807) is 0 Å². The van der Waals surface area contributed by atoms with Gasteiger partial charge in [0.2, 0.25) is 0 Å². The summed E-state index contributed by atoms with van der Waals surface area (Å²) in [4.78, 5) is 18.2. The van der Waals surface area contributed by atoms with Crippen LogP contribution in [0.3, 0.4) is 0 Å². The number of carbonyl (C=O) groups is 1. The first-order valence-electron chi connectivity index (χ1n) is 11.1. The number of hydrogen-bond donors (Lipinski definition) is 2. The number of piperidine rings is 1. The molecule has 1 aliphatic heterocycles. The average molecular weight is 476 g/mol. The number of fused-ring (bicyclic) bond motifs is 1. The number of nitriles is 1. The van der Waals surface area contributed by atoms with Crippen LogP contribution in [0.2, 0.25) is 5.02 Å². The van der Waals surface area contributed by atoms with Crippen LogP contribution in [0.5, 0.6) is 0 Å². The molecule has 1 aromatic heterocycles. The summed E-state index contributed by atoms with van der Waals surface area (Å²) in [5.41, 5.74) is 9.07. The lowest BCUT2D eigenvalue weighted by molar-refractivity contribution is -0.112. The quantitative estimate of drug-likeness (QED) is 0.375. The smallest absolute Gasteiger partial charge is 0.187 e. The first-order chi connectivity index (χ1) is 16.4. The zero-order chi connectivity index (χ0) is 24.1. The number of benzene rings is 2. The molecule has 0 saturated carbocycles. The van der Waals surface area contributed by atoms with E-state index in [1.165, 1.54) is 13.0 Å². The summed E-state index contributed by atoms with van der Waals surface area (Å²) in [5.74, 6) is 0.556. The molecule has 1 fully saturated rings. The maximum atomic E-state index is 11.2. The van der Waals surface area contributed by atoms with Gasteiger partial charge in [-0.15, -0.1) is 0 Å². The Morgan fingerprint density at radius 1 is 1.26 bits per heavy atom. The highest BCUT2D eigenvalue weighted by atomic mass is 35.5. The molecule has 4 rings (SSSR count). The Balaban J connectivity index is 1.60. The standard InChI is InChI=1S/C26H26ClN5O2/c1-17(33)14-24(29)34-20-10-12-32(13-11-20)25-21-4-2-3-5-23(21)31-26(22(25)15-28)30-16-18-6-8-19(27)9-7-18/h2-9,14,20H,10-13,16,29H2,1H3,(H,30,31). The summed E-state index contributed by atoms with van der Waals surface area (Å²) in [6, 6.07) is 17.8. The molecule has 2 heterocycles. The highest BCUT2D eigenvalue weighted by Crippen LogP contribution is 2.36. The van der Waals surface area contributed by atoms with Gasteiger partial charge in [-0.1, -0.05) is 41.9 Å². The molecule has 0 amide bonds. The van der Waals surface area contributed by atoms with Gasteiger partial charge in [0.1, 0.15) is 23.6 Å². The predicted molar refractivity (Wildman–Crippen MR) is 135 cm³/mol. The third kappa shape index (κ3) is 5.41. The number of hydrogen-bond acceptors (Lipinski definition) is 7. The van der Waals surface area contributed by atoms with Gasteiger partial charge in [-0.05, 0) is 30.7 Å². The summed E-state index contributed by atoms with van der Waals surface area (Å²) < 4.78 is 5.74. The summed E-state index contributed by atoms with van der Waals surface area (Å²) in [6.45, 7) is 3.35. The van der Waals surface area contributed by atoms with Crippen LogP contribution in [0.4, 0.5) is 11.5 Å². The monoisotopic (exact) mass is 475 g/mol. The van der Waals surface area contributed by atoms with Gasteiger partial charge in [-0.2, -0.15) is 5.26 Å². The number of para-hydroxylation sites is 1. The first-order valence-corrected chi connectivity index (χ1v) is 11.5. The van der Waals surface area contributed by atoms with E-state index in [0.717, 1.165) is 35.0 Å². The van der Waals surface area contributed by atoms with Crippen molar-refractivity contribution in [1.29, 1.82) is 5.26 Å². The molecular formula is C26H26ClN5O2. The van der Waals surface area contributed by atoms with E-state index >= 15 is 0 Å². The summed E-state index contributed by atoms with van der Waals surface area (Å²) in [5, 5.41) is 15.1. The van der Waals surface area contributed by atoms with E-state index < -0.39 is 0 Å². The number of carbonyl (C=O) groups excluding carboxylic acids is 1. The fourth-order valence-electron chi connectivity index (χ4n) is 4.17. The predicted octanol–water partition coefficient (Wildman–Crippen LogP) is 4.75. The Kier molecular flexibility index (Phi) is 7.19. The number of ether oxygens (including phenoxy) is 1. The number of aromatic nitrogens is 1. The zero-order valence-corrected chi connectivity index (χ0v) is 19.7. The van der Waals surface area contributed by atoms with Crippen molar-refractivity contribution < 1.29 is 9.53 Å². The first kappa shape index (κ1) is 23.4. The van der Waals surface area contributed by atoms with Crippen LogP contribution in [-0.4, -0.2) is 30.0 Å². The maximum absolute atomic E-state index is 11.2. The SMILES string of the molecule is CC(=O)C=C(N)OC1CCN(c2c(C#N)c(NCc3ccc(Cl)cc3)nc3ccccc23)CC1. The minimum absolute atomic E-state index is 0.0759. The van der Waals surface area contributed by atoms with Crippen molar-refractivity contribution in [3.8, 4) is 6.07 Å². The Bertz CT molecular complexity index is 1260. The molecule has 34 heavy (non-hydrogen) atoms. The van der Waals surface area contributed by atoms with Crippen molar-refractivity contribution in [2.75, 3.05) is 23.3 Å². The van der Waals surface area contributed by atoms with Crippen LogP contribution in [-0.2, 0) is 16.1 Å².